The first-order valence-electron chi connectivity index (χ1n) is 9.56. The molecule has 146 valence electrons. The van der Waals surface area contributed by atoms with E-state index in [1.807, 2.05) is 55.7 Å². The summed E-state index contributed by atoms with van der Waals surface area (Å²) in [6.07, 6.45) is 4.02. The van der Waals surface area contributed by atoms with Crippen molar-refractivity contribution >= 4 is 34.5 Å². The SMILES string of the molecule is CN/C(Cc1ccccc1)=C1\C(=N)CCc2cnc(Nc3ccccc3Cl)nc21. The molecule has 3 aromatic rings. The first-order chi connectivity index (χ1) is 14.2. The summed E-state index contributed by atoms with van der Waals surface area (Å²) in [5, 5.41) is 15.7. The summed E-state index contributed by atoms with van der Waals surface area (Å²) in [5.74, 6) is 0.471. The van der Waals surface area contributed by atoms with E-state index in [0.29, 0.717) is 29.5 Å². The van der Waals surface area contributed by atoms with Crippen molar-refractivity contribution in [1.82, 2.24) is 15.3 Å². The van der Waals surface area contributed by atoms with Gasteiger partial charge in [0.05, 0.1) is 16.4 Å². The zero-order valence-electron chi connectivity index (χ0n) is 16.2. The second kappa shape index (κ2) is 8.45. The summed E-state index contributed by atoms with van der Waals surface area (Å²) < 4.78 is 0. The van der Waals surface area contributed by atoms with Gasteiger partial charge in [0, 0.05) is 36.6 Å². The third-order valence-electron chi connectivity index (χ3n) is 5.00. The summed E-state index contributed by atoms with van der Waals surface area (Å²) in [4.78, 5) is 9.24. The second-order valence-corrected chi connectivity index (χ2v) is 7.32. The van der Waals surface area contributed by atoms with Crippen molar-refractivity contribution in [2.75, 3.05) is 12.4 Å². The Labute approximate surface area is 175 Å². The van der Waals surface area contributed by atoms with Gasteiger partial charge in [0.15, 0.2) is 0 Å². The predicted molar refractivity (Wildman–Crippen MR) is 119 cm³/mol. The maximum absolute atomic E-state index is 8.60. The lowest BCUT2D eigenvalue weighted by atomic mass is 9.88. The number of benzene rings is 2. The smallest absolute Gasteiger partial charge is 0.227 e. The molecule has 0 fully saturated rings. The molecule has 5 nitrogen and oxygen atoms in total. The van der Waals surface area contributed by atoms with E-state index in [-0.39, 0.29) is 0 Å². The molecular weight excluding hydrogens is 382 g/mol. The number of para-hydroxylation sites is 1. The number of hydrogen-bond donors (Lipinski definition) is 3. The van der Waals surface area contributed by atoms with Crippen molar-refractivity contribution in [2.45, 2.75) is 19.3 Å². The van der Waals surface area contributed by atoms with Crippen LogP contribution >= 0.6 is 11.6 Å². The number of aryl methyl sites for hydroxylation is 1. The molecule has 1 aliphatic rings. The van der Waals surface area contributed by atoms with Crippen LogP contribution in [0.25, 0.3) is 5.57 Å². The highest BCUT2D eigenvalue weighted by Gasteiger charge is 2.24. The van der Waals surface area contributed by atoms with Crippen molar-refractivity contribution < 1.29 is 0 Å². The highest BCUT2D eigenvalue weighted by atomic mass is 35.5. The first-order valence-corrected chi connectivity index (χ1v) is 9.94. The molecule has 0 saturated heterocycles. The van der Waals surface area contributed by atoms with Gasteiger partial charge in [0.1, 0.15) is 0 Å². The molecular formula is C23H22ClN5. The number of nitrogens with one attached hydrogen (secondary N) is 3. The van der Waals surface area contributed by atoms with Gasteiger partial charge in [-0.25, -0.2) is 9.97 Å². The van der Waals surface area contributed by atoms with Crippen LogP contribution in [-0.4, -0.2) is 22.7 Å². The molecule has 0 amide bonds. The molecule has 3 N–H and O–H groups in total. The van der Waals surface area contributed by atoms with Gasteiger partial charge in [-0.2, -0.15) is 0 Å². The lowest BCUT2D eigenvalue weighted by Gasteiger charge is -2.23. The first kappa shape index (κ1) is 19.2. The molecule has 2 aromatic carbocycles. The van der Waals surface area contributed by atoms with Crippen molar-refractivity contribution in [3.63, 3.8) is 0 Å². The molecule has 4 rings (SSSR count). The highest BCUT2D eigenvalue weighted by Crippen LogP contribution is 2.31. The third kappa shape index (κ3) is 4.15. The second-order valence-electron chi connectivity index (χ2n) is 6.92. The van der Waals surface area contributed by atoms with Crippen LogP contribution in [-0.2, 0) is 12.8 Å². The van der Waals surface area contributed by atoms with E-state index in [4.69, 9.17) is 22.0 Å². The number of aromatic nitrogens is 2. The zero-order valence-corrected chi connectivity index (χ0v) is 16.9. The van der Waals surface area contributed by atoms with Crippen molar-refractivity contribution in [2.24, 2.45) is 0 Å². The number of anilines is 2. The molecule has 29 heavy (non-hydrogen) atoms. The number of likely N-dealkylation sites (N-methyl/N-ethyl adjacent to an activating group) is 1. The van der Waals surface area contributed by atoms with Gasteiger partial charge in [-0.05, 0) is 36.1 Å². The van der Waals surface area contributed by atoms with E-state index in [2.05, 4.69) is 27.8 Å². The maximum atomic E-state index is 8.60. The summed E-state index contributed by atoms with van der Waals surface area (Å²) in [6.45, 7) is 0. The Kier molecular flexibility index (Phi) is 5.58. The minimum absolute atomic E-state index is 0.471. The van der Waals surface area contributed by atoms with E-state index >= 15 is 0 Å². The van der Waals surface area contributed by atoms with Crippen LogP contribution in [0, 0.1) is 5.41 Å². The fraction of sp³-hybridized carbons (Fsp3) is 0.174. The Hall–Kier alpha value is -3.18. The monoisotopic (exact) mass is 403 g/mol. The van der Waals surface area contributed by atoms with Gasteiger partial charge < -0.3 is 16.0 Å². The summed E-state index contributed by atoms with van der Waals surface area (Å²) >= 11 is 6.26. The number of halogens is 1. The molecule has 0 unspecified atom stereocenters. The van der Waals surface area contributed by atoms with Crippen LogP contribution in [0.1, 0.15) is 23.2 Å². The van der Waals surface area contributed by atoms with E-state index in [1.54, 1.807) is 0 Å². The summed E-state index contributed by atoms with van der Waals surface area (Å²) in [6, 6.07) is 17.8. The highest BCUT2D eigenvalue weighted by molar-refractivity contribution is 6.33. The Bertz CT molecular complexity index is 1080. The molecule has 1 heterocycles. The Morgan fingerprint density at radius 1 is 1.07 bits per heavy atom. The van der Waals surface area contributed by atoms with Crippen LogP contribution in [0.5, 0.6) is 0 Å². The molecule has 1 aromatic heterocycles. The van der Waals surface area contributed by atoms with Gasteiger partial charge in [-0.3, -0.25) is 0 Å². The van der Waals surface area contributed by atoms with Gasteiger partial charge in [-0.15, -0.1) is 0 Å². The zero-order chi connectivity index (χ0) is 20.2. The molecule has 0 atom stereocenters. The molecule has 0 saturated carbocycles. The summed E-state index contributed by atoms with van der Waals surface area (Å²) in [5.41, 5.74) is 6.26. The Morgan fingerprint density at radius 3 is 2.59 bits per heavy atom. The molecule has 1 aliphatic carbocycles. The van der Waals surface area contributed by atoms with Crippen LogP contribution in [0.4, 0.5) is 11.6 Å². The fourth-order valence-corrected chi connectivity index (χ4v) is 3.69. The number of allylic oxidation sites excluding steroid dienone is 2. The normalized spacial score (nSPS) is 14.9. The topological polar surface area (TPSA) is 73.7 Å². The Balaban J connectivity index is 1.75. The summed E-state index contributed by atoms with van der Waals surface area (Å²) in [7, 11) is 1.90. The van der Waals surface area contributed by atoms with E-state index in [9.17, 15) is 0 Å². The van der Waals surface area contributed by atoms with Crippen LogP contribution < -0.4 is 10.6 Å². The van der Waals surface area contributed by atoms with Gasteiger partial charge in [-0.1, -0.05) is 54.1 Å². The van der Waals surface area contributed by atoms with Crippen molar-refractivity contribution in [1.29, 1.82) is 5.41 Å². The standard InChI is InChI=1S/C23H22ClN5/c1-26-20(13-15-7-3-2-4-8-15)21-18(25)12-11-16-14-27-23(29-22(16)21)28-19-10-6-5-9-17(19)24/h2-10,14,25-26H,11-13H2,1H3,(H,27,28,29)/b21-20+,25-18?. The third-order valence-corrected chi connectivity index (χ3v) is 5.32. The minimum atomic E-state index is 0.471. The van der Waals surface area contributed by atoms with E-state index in [1.165, 1.54) is 5.56 Å². The molecule has 6 heteroatoms. The molecule has 0 aliphatic heterocycles. The lowest BCUT2D eigenvalue weighted by molar-refractivity contribution is 0.903. The van der Waals surface area contributed by atoms with Crippen LogP contribution in [0.15, 0.2) is 66.5 Å². The number of nitrogens with zero attached hydrogens (tertiary/aromatic N) is 2. The number of fused-ring (bicyclic) bond motifs is 1. The van der Waals surface area contributed by atoms with Crippen LogP contribution in [0.2, 0.25) is 5.02 Å². The number of hydrogen-bond acceptors (Lipinski definition) is 5. The molecule has 0 radical (unpaired) electrons. The minimum Gasteiger partial charge on any atom is -0.391 e. The average Bonchev–Trinajstić information content (AvgIpc) is 2.75. The van der Waals surface area contributed by atoms with Crippen molar-refractivity contribution in [3.8, 4) is 0 Å². The van der Waals surface area contributed by atoms with E-state index in [0.717, 1.165) is 34.6 Å². The predicted octanol–water partition coefficient (Wildman–Crippen LogP) is 5.01. The van der Waals surface area contributed by atoms with Gasteiger partial charge in [0.2, 0.25) is 5.95 Å². The maximum Gasteiger partial charge on any atom is 0.227 e. The van der Waals surface area contributed by atoms with Gasteiger partial charge in [0.25, 0.3) is 0 Å². The molecule has 0 bridgehead atoms. The average molecular weight is 404 g/mol. The Morgan fingerprint density at radius 2 is 1.83 bits per heavy atom. The number of rotatable bonds is 5. The quantitative estimate of drug-likeness (QED) is 0.559. The fourth-order valence-electron chi connectivity index (χ4n) is 3.50. The van der Waals surface area contributed by atoms with Gasteiger partial charge >= 0.3 is 0 Å². The van der Waals surface area contributed by atoms with Crippen molar-refractivity contribution in [3.05, 3.63) is 88.3 Å². The largest absolute Gasteiger partial charge is 0.391 e. The van der Waals surface area contributed by atoms with Crippen LogP contribution in [0.3, 0.4) is 0 Å². The molecule has 0 spiro atoms. The lowest BCUT2D eigenvalue weighted by Crippen LogP contribution is -2.22. The van der Waals surface area contributed by atoms with E-state index < -0.39 is 0 Å².